The SMILES string of the molecule is CN=C(NCCCNc1ccccc1)N1CCC(COCc2ccccc2)C1. The van der Waals surface area contributed by atoms with E-state index in [1.165, 1.54) is 11.3 Å². The molecule has 2 aromatic carbocycles. The molecule has 1 fully saturated rings. The minimum Gasteiger partial charge on any atom is -0.385 e. The Balaban J connectivity index is 1.30. The number of para-hydroxylation sites is 1. The van der Waals surface area contributed by atoms with E-state index in [9.17, 15) is 0 Å². The van der Waals surface area contributed by atoms with E-state index in [0.717, 1.165) is 51.6 Å². The zero-order valence-electron chi connectivity index (χ0n) is 16.8. The van der Waals surface area contributed by atoms with Crippen LogP contribution in [-0.2, 0) is 11.3 Å². The minimum atomic E-state index is 0.571. The Morgan fingerprint density at radius 1 is 1.07 bits per heavy atom. The van der Waals surface area contributed by atoms with Crippen LogP contribution in [0.1, 0.15) is 18.4 Å². The predicted octanol–water partition coefficient (Wildman–Crippen LogP) is 3.60. The van der Waals surface area contributed by atoms with Crippen molar-refractivity contribution < 1.29 is 4.74 Å². The first kappa shape index (κ1) is 20.2. The van der Waals surface area contributed by atoms with Gasteiger partial charge in [-0.3, -0.25) is 4.99 Å². The summed E-state index contributed by atoms with van der Waals surface area (Å²) in [6.07, 6.45) is 2.20. The number of guanidine groups is 1. The summed E-state index contributed by atoms with van der Waals surface area (Å²) in [4.78, 5) is 6.81. The predicted molar refractivity (Wildman–Crippen MR) is 117 cm³/mol. The topological polar surface area (TPSA) is 48.9 Å². The molecule has 2 N–H and O–H groups in total. The normalized spacial score (nSPS) is 17.0. The summed E-state index contributed by atoms with van der Waals surface area (Å²) in [6.45, 7) is 5.42. The van der Waals surface area contributed by atoms with Gasteiger partial charge in [-0.2, -0.15) is 0 Å². The highest BCUT2D eigenvalue weighted by Crippen LogP contribution is 2.17. The molecule has 1 atom stereocenters. The van der Waals surface area contributed by atoms with E-state index in [4.69, 9.17) is 4.74 Å². The van der Waals surface area contributed by atoms with Crippen LogP contribution in [0.2, 0.25) is 0 Å². The number of aliphatic imine (C=N–C) groups is 1. The lowest BCUT2D eigenvalue weighted by Gasteiger charge is -2.22. The van der Waals surface area contributed by atoms with Crippen molar-refractivity contribution in [2.45, 2.75) is 19.4 Å². The third-order valence-electron chi connectivity index (χ3n) is 5.00. The van der Waals surface area contributed by atoms with Gasteiger partial charge in [-0.15, -0.1) is 0 Å². The minimum absolute atomic E-state index is 0.571. The van der Waals surface area contributed by atoms with Gasteiger partial charge in [0.2, 0.25) is 0 Å². The lowest BCUT2D eigenvalue weighted by atomic mass is 10.1. The molecule has 1 aliphatic rings. The first-order valence-electron chi connectivity index (χ1n) is 10.2. The molecule has 0 spiro atoms. The number of ether oxygens (including phenoxy) is 1. The molecule has 150 valence electrons. The van der Waals surface area contributed by atoms with Crippen LogP contribution >= 0.6 is 0 Å². The second-order valence-electron chi connectivity index (χ2n) is 7.22. The number of benzene rings is 2. The molecule has 5 nitrogen and oxygen atoms in total. The molecule has 0 saturated carbocycles. The monoisotopic (exact) mass is 380 g/mol. The Hall–Kier alpha value is -2.53. The number of rotatable bonds is 9. The van der Waals surface area contributed by atoms with Crippen molar-refractivity contribution in [1.29, 1.82) is 0 Å². The molecule has 3 rings (SSSR count). The molecule has 0 bridgehead atoms. The number of hydrogen-bond acceptors (Lipinski definition) is 3. The maximum atomic E-state index is 5.93. The van der Waals surface area contributed by atoms with Crippen molar-refractivity contribution >= 4 is 11.6 Å². The average molecular weight is 381 g/mol. The molecule has 28 heavy (non-hydrogen) atoms. The van der Waals surface area contributed by atoms with E-state index < -0.39 is 0 Å². The standard InChI is InChI=1S/C23H32N4O/c1-24-23(26-15-8-14-25-22-11-6-3-7-12-22)27-16-13-21(17-27)19-28-18-20-9-4-2-5-10-20/h2-7,9-12,21,25H,8,13-19H2,1H3,(H,24,26). The highest BCUT2D eigenvalue weighted by Gasteiger charge is 2.24. The smallest absolute Gasteiger partial charge is 0.193 e. The number of anilines is 1. The number of nitrogens with zero attached hydrogens (tertiary/aromatic N) is 2. The Bertz CT molecular complexity index is 705. The average Bonchev–Trinajstić information content (AvgIpc) is 3.21. The summed E-state index contributed by atoms with van der Waals surface area (Å²) in [5.74, 6) is 1.58. The molecule has 5 heteroatoms. The van der Waals surface area contributed by atoms with Gasteiger partial charge in [-0.25, -0.2) is 0 Å². The molecule has 0 aromatic heterocycles. The van der Waals surface area contributed by atoms with Crippen molar-refractivity contribution in [3.05, 3.63) is 66.2 Å². The lowest BCUT2D eigenvalue weighted by molar-refractivity contribution is 0.0907. The summed E-state index contributed by atoms with van der Waals surface area (Å²) in [5.41, 5.74) is 2.41. The van der Waals surface area contributed by atoms with E-state index >= 15 is 0 Å². The lowest BCUT2D eigenvalue weighted by Crippen LogP contribution is -2.41. The van der Waals surface area contributed by atoms with Crippen LogP contribution in [0.3, 0.4) is 0 Å². The molecule has 0 amide bonds. The largest absolute Gasteiger partial charge is 0.385 e. The van der Waals surface area contributed by atoms with Crippen LogP contribution in [0.5, 0.6) is 0 Å². The van der Waals surface area contributed by atoms with E-state index in [1.54, 1.807) is 0 Å². The van der Waals surface area contributed by atoms with E-state index in [-0.39, 0.29) is 0 Å². The van der Waals surface area contributed by atoms with E-state index in [2.05, 4.69) is 69.1 Å². The van der Waals surface area contributed by atoms with Crippen molar-refractivity contribution in [1.82, 2.24) is 10.2 Å². The van der Waals surface area contributed by atoms with Crippen LogP contribution in [0, 0.1) is 5.92 Å². The van der Waals surface area contributed by atoms with Gasteiger partial charge >= 0.3 is 0 Å². The molecular formula is C23H32N4O. The van der Waals surface area contributed by atoms with Gasteiger partial charge in [0.25, 0.3) is 0 Å². The van der Waals surface area contributed by atoms with Gasteiger partial charge in [0.1, 0.15) is 0 Å². The van der Waals surface area contributed by atoms with Gasteiger partial charge < -0.3 is 20.3 Å². The van der Waals surface area contributed by atoms with Gasteiger partial charge in [0.15, 0.2) is 5.96 Å². The van der Waals surface area contributed by atoms with Gasteiger partial charge in [0, 0.05) is 44.8 Å². The molecular weight excluding hydrogens is 348 g/mol. The summed E-state index contributed by atoms with van der Waals surface area (Å²) < 4.78 is 5.93. The first-order valence-corrected chi connectivity index (χ1v) is 10.2. The Kier molecular flexibility index (Phi) is 8.19. The fourth-order valence-corrected chi connectivity index (χ4v) is 3.49. The zero-order valence-corrected chi connectivity index (χ0v) is 16.8. The molecule has 0 radical (unpaired) electrons. The molecule has 2 aromatic rings. The highest BCUT2D eigenvalue weighted by molar-refractivity contribution is 5.80. The molecule has 1 aliphatic heterocycles. The van der Waals surface area contributed by atoms with Gasteiger partial charge in [-0.05, 0) is 30.5 Å². The molecule has 0 aliphatic carbocycles. The van der Waals surface area contributed by atoms with Crippen LogP contribution in [0.15, 0.2) is 65.7 Å². The van der Waals surface area contributed by atoms with Crippen LogP contribution in [0.25, 0.3) is 0 Å². The van der Waals surface area contributed by atoms with Crippen molar-refractivity contribution in [2.24, 2.45) is 10.9 Å². The molecule has 1 heterocycles. The van der Waals surface area contributed by atoms with Crippen molar-refractivity contribution in [2.75, 3.05) is 45.2 Å². The van der Waals surface area contributed by atoms with Crippen LogP contribution in [-0.4, -0.2) is 50.7 Å². The number of nitrogens with one attached hydrogen (secondary N) is 2. The third-order valence-corrected chi connectivity index (χ3v) is 5.00. The molecule has 1 unspecified atom stereocenters. The fraction of sp³-hybridized carbons (Fsp3) is 0.435. The summed E-state index contributed by atoms with van der Waals surface area (Å²) >= 11 is 0. The maximum absolute atomic E-state index is 5.93. The number of hydrogen-bond donors (Lipinski definition) is 2. The first-order chi connectivity index (χ1) is 13.8. The van der Waals surface area contributed by atoms with Gasteiger partial charge in [-0.1, -0.05) is 48.5 Å². The Labute approximate surface area is 168 Å². The maximum Gasteiger partial charge on any atom is 0.193 e. The second kappa shape index (κ2) is 11.3. The summed E-state index contributed by atoms with van der Waals surface area (Å²) in [5, 5.41) is 6.93. The quantitative estimate of drug-likeness (QED) is 0.396. The zero-order chi connectivity index (χ0) is 19.4. The van der Waals surface area contributed by atoms with E-state index in [0.29, 0.717) is 12.5 Å². The Morgan fingerprint density at radius 2 is 1.82 bits per heavy atom. The fourth-order valence-electron chi connectivity index (χ4n) is 3.49. The van der Waals surface area contributed by atoms with Crippen LogP contribution in [0.4, 0.5) is 5.69 Å². The van der Waals surface area contributed by atoms with Crippen molar-refractivity contribution in [3.8, 4) is 0 Å². The highest BCUT2D eigenvalue weighted by atomic mass is 16.5. The summed E-state index contributed by atoms with van der Waals surface area (Å²) in [7, 11) is 1.86. The van der Waals surface area contributed by atoms with Gasteiger partial charge in [0.05, 0.1) is 13.2 Å². The van der Waals surface area contributed by atoms with E-state index in [1.807, 2.05) is 19.2 Å². The van der Waals surface area contributed by atoms with Crippen molar-refractivity contribution in [3.63, 3.8) is 0 Å². The number of likely N-dealkylation sites (tertiary alicyclic amines) is 1. The Morgan fingerprint density at radius 3 is 2.57 bits per heavy atom. The second-order valence-corrected chi connectivity index (χ2v) is 7.22. The summed E-state index contributed by atoms with van der Waals surface area (Å²) in [6, 6.07) is 20.7. The molecule has 1 saturated heterocycles. The third kappa shape index (κ3) is 6.57. The van der Waals surface area contributed by atoms with Crippen LogP contribution < -0.4 is 10.6 Å².